The summed E-state index contributed by atoms with van der Waals surface area (Å²) in [7, 11) is 0. The number of fused-ring (bicyclic) bond motifs is 1. The molecule has 0 N–H and O–H groups in total. The summed E-state index contributed by atoms with van der Waals surface area (Å²) in [5.74, 6) is 0.714. The number of hydrogen-bond acceptors (Lipinski definition) is 2. The van der Waals surface area contributed by atoms with Crippen LogP contribution in [0.2, 0.25) is 5.02 Å². The number of benzene rings is 2. The second-order valence-corrected chi connectivity index (χ2v) is 7.05. The second kappa shape index (κ2) is 7.91. The molecule has 0 aliphatic rings. The van der Waals surface area contributed by atoms with Gasteiger partial charge in [0, 0.05) is 16.8 Å². The minimum atomic E-state index is -0.0421. The average molecular weight is 390 g/mol. The van der Waals surface area contributed by atoms with Gasteiger partial charge in [-0.25, -0.2) is 0 Å². The topological polar surface area (TPSA) is 30.7 Å². The molecule has 0 saturated heterocycles. The van der Waals surface area contributed by atoms with Crippen molar-refractivity contribution in [2.45, 2.75) is 20.0 Å². The van der Waals surface area contributed by atoms with Gasteiger partial charge in [0.05, 0.1) is 11.2 Å². The van der Waals surface area contributed by atoms with Crippen molar-refractivity contribution in [2.75, 3.05) is 0 Å². The molecule has 0 aliphatic heterocycles. The van der Waals surface area contributed by atoms with Gasteiger partial charge in [0.15, 0.2) is 0 Å². The van der Waals surface area contributed by atoms with E-state index >= 15 is 0 Å². The van der Waals surface area contributed by atoms with Crippen LogP contribution in [-0.2, 0) is 13.0 Å². The highest BCUT2D eigenvalue weighted by molar-refractivity contribution is 6.31. The van der Waals surface area contributed by atoms with E-state index < -0.39 is 0 Å². The van der Waals surface area contributed by atoms with Crippen molar-refractivity contribution in [2.24, 2.45) is 0 Å². The van der Waals surface area contributed by atoms with Crippen LogP contribution in [0.5, 0.6) is 5.75 Å². The van der Waals surface area contributed by atoms with E-state index in [4.69, 9.17) is 16.3 Å². The van der Waals surface area contributed by atoms with Gasteiger partial charge in [0.1, 0.15) is 12.4 Å². The summed E-state index contributed by atoms with van der Waals surface area (Å²) in [6.45, 7) is 2.53. The molecule has 4 heteroatoms. The van der Waals surface area contributed by atoms with Gasteiger partial charge in [-0.15, -0.1) is 0 Å². The van der Waals surface area contributed by atoms with E-state index in [2.05, 4.69) is 0 Å². The molecule has 0 spiro atoms. The molecule has 4 aromatic rings. The van der Waals surface area contributed by atoms with Gasteiger partial charge >= 0.3 is 0 Å². The molecule has 0 radical (unpaired) electrons. The number of carbonyl (C=O) groups excluding carboxylic acids is 1. The molecule has 0 aliphatic carbocycles. The quantitative estimate of drug-likeness (QED) is 0.380. The molecule has 28 heavy (non-hydrogen) atoms. The molecule has 2 heterocycles. The first-order valence-corrected chi connectivity index (χ1v) is 9.65. The standard InChI is InChI=1S/C24H20ClNO2/c1-2-18-15-21-22(28-16-17-8-4-3-5-9-17)12-7-13-26(21)23(18)24(27)19-10-6-11-20(25)14-19/h3-15H,2,16H2,1H3. The lowest BCUT2D eigenvalue weighted by Gasteiger charge is -2.10. The van der Waals surface area contributed by atoms with E-state index in [-0.39, 0.29) is 5.78 Å². The van der Waals surface area contributed by atoms with Crippen LogP contribution in [0, 0.1) is 0 Å². The first-order chi connectivity index (χ1) is 13.7. The minimum absolute atomic E-state index is 0.0421. The van der Waals surface area contributed by atoms with Gasteiger partial charge in [-0.05, 0) is 47.9 Å². The number of hydrogen-bond donors (Lipinski definition) is 0. The maximum Gasteiger partial charge on any atom is 0.210 e. The molecule has 2 aromatic carbocycles. The number of ketones is 1. The monoisotopic (exact) mass is 389 g/mol. The lowest BCUT2D eigenvalue weighted by Crippen LogP contribution is -2.08. The zero-order valence-corrected chi connectivity index (χ0v) is 16.3. The maximum atomic E-state index is 13.2. The van der Waals surface area contributed by atoms with Crippen molar-refractivity contribution in [3.63, 3.8) is 0 Å². The zero-order valence-electron chi connectivity index (χ0n) is 15.6. The molecule has 0 bridgehead atoms. The molecule has 0 amide bonds. The number of aromatic nitrogens is 1. The maximum absolute atomic E-state index is 13.2. The van der Waals surface area contributed by atoms with Gasteiger partial charge in [-0.1, -0.05) is 61.0 Å². The van der Waals surface area contributed by atoms with Crippen molar-refractivity contribution in [1.82, 2.24) is 4.40 Å². The summed E-state index contributed by atoms with van der Waals surface area (Å²) < 4.78 is 7.99. The molecule has 140 valence electrons. The number of pyridine rings is 1. The zero-order chi connectivity index (χ0) is 19.5. The molecular formula is C24H20ClNO2. The summed E-state index contributed by atoms with van der Waals surface area (Å²) in [5.41, 5.74) is 4.21. The Morgan fingerprint density at radius 2 is 1.82 bits per heavy atom. The van der Waals surface area contributed by atoms with Crippen molar-refractivity contribution in [3.8, 4) is 5.75 Å². The predicted molar refractivity (Wildman–Crippen MR) is 112 cm³/mol. The smallest absolute Gasteiger partial charge is 0.210 e. The highest BCUT2D eigenvalue weighted by atomic mass is 35.5. The molecule has 0 saturated carbocycles. The number of carbonyl (C=O) groups is 1. The summed E-state index contributed by atoms with van der Waals surface area (Å²) in [6.07, 6.45) is 2.66. The van der Waals surface area contributed by atoms with Crippen LogP contribution in [-0.4, -0.2) is 10.2 Å². The van der Waals surface area contributed by atoms with Crippen LogP contribution in [0.25, 0.3) is 5.52 Å². The van der Waals surface area contributed by atoms with Crippen LogP contribution < -0.4 is 4.74 Å². The number of ether oxygens (including phenoxy) is 1. The van der Waals surface area contributed by atoms with Crippen molar-refractivity contribution < 1.29 is 9.53 Å². The fourth-order valence-electron chi connectivity index (χ4n) is 3.37. The third-order valence-electron chi connectivity index (χ3n) is 4.77. The van der Waals surface area contributed by atoms with Gasteiger partial charge in [-0.2, -0.15) is 0 Å². The summed E-state index contributed by atoms with van der Waals surface area (Å²) in [4.78, 5) is 13.2. The van der Waals surface area contributed by atoms with Crippen LogP contribution in [0.4, 0.5) is 0 Å². The lowest BCUT2D eigenvalue weighted by atomic mass is 10.0. The predicted octanol–water partition coefficient (Wildman–Crippen LogP) is 5.97. The third-order valence-corrected chi connectivity index (χ3v) is 5.01. The Kier molecular flexibility index (Phi) is 5.18. The number of nitrogens with zero attached hydrogens (tertiary/aromatic N) is 1. The van der Waals surface area contributed by atoms with E-state index in [1.807, 2.05) is 66.1 Å². The molecule has 0 fully saturated rings. The average Bonchev–Trinajstić information content (AvgIpc) is 3.11. The third kappa shape index (κ3) is 3.54. The molecule has 2 aromatic heterocycles. The Morgan fingerprint density at radius 3 is 2.57 bits per heavy atom. The Balaban J connectivity index is 1.74. The van der Waals surface area contributed by atoms with Crippen LogP contribution >= 0.6 is 11.6 Å². The number of rotatable bonds is 6. The SMILES string of the molecule is CCc1cc2c(OCc3ccccc3)cccn2c1C(=O)c1cccc(Cl)c1. The molecule has 0 unspecified atom stereocenters. The summed E-state index contributed by atoms with van der Waals surface area (Å²) in [6, 6.07) is 23.0. The molecule has 4 rings (SSSR count). The van der Waals surface area contributed by atoms with E-state index in [0.29, 0.717) is 22.9 Å². The fraction of sp³-hybridized carbons (Fsp3) is 0.125. The van der Waals surface area contributed by atoms with Crippen LogP contribution in [0.3, 0.4) is 0 Å². The first kappa shape index (κ1) is 18.3. The highest BCUT2D eigenvalue weighted by Gasteiger charge is 2.20. The minimum Gasteiger partial charge on any atom is -0.487 e. The molecule has 0 atom stereocenters. The van der Waals surface area contributed by atoms with Gasteiger partial charge in [0.2, 0.25) is 5.78 Å². The summed E-state index contributed by atoms with van der Waals surface area (Å²) >= 11 is 6.09. The fourth-order valence-corrected chi connectivity index (χ4v) is 3.56. The molecule has 3 nitrogen and oxygen atoms in total. The van der Waals surface area contributed by atoms with E-state index in [1.54, 1.807) is 24.3 Å². The largest absolute Gasteiger partial charge is 0.487 e. The number of aryl methyl sites for hydroxylation is 1. The molecular weight excluding hydrogens is 370 g/mol. The summed E-state index contributed by atoms with van der Waals surface area (Å²) in [5, 5.41) is 0.552. The highest BCUT2D eigenvalue weighted by Crippen LogP contribution is 2.28. The van der Waals surface area contributed by atoms with Crippen LogP contribution in [0.1, 0.15) is 34.1 Å². The van der Waals surface area contributed by atoms with Crippen molar-refractivity contribution >= 4 is 22.9 Å². The Morgan fingerprint density at radius 1 is 1.00 bits per heavy atom. The van der Waals surface area contributed by atoms with Crippen molar-refractivity contribution in [3.05, 3.63) is 106 Å². The van der Waals surface area contributed by atoms with Gasteiger partial charge in [0.25, 0.3) is 0 Å². The van der Waals surface area contributed by atoms with Crippen LogP contribution in [0.15, 0.2) is 79.0 Å². The normalized spacial score (nSPS) is 10.9. The second-order valence-electron chi connectivity index (χ2n) is 6.61. The van der Waals surface area contributed by atoms with E-state index in [1.165, 1.54) is 0 Å². The Labute approximate surface area is 169 Å². The van der Waals surface area contributed by atoms with E-state index in [9.17, 15) is 4.79 Å². The number of halogens is 1. The van der Waals surface area contributed by atoms with Gasteiger partial charge in [-0.3, -0.25) is 4.79 Å². The van der Waals surface area contributed by atoms with Crippen molar-refractivity contribution in [1.29, 1.82) is 0 Å². The first-order valence-electron chi connectivity index (χ1n) is 9.27. The Hall–Kier alpha value is -3.04. The lowest BCUT2D eigenvalue weighted by molar-refractivity contribution is 0.103. The Bertz CT molecular complexity index is 1130. The van der Waals surface area contributed by atoms with E-state index in [0.717, 1.165) is 28.8 Å². The van der Waals surface area contributed by atoms with Gasteiger partial charge < -0.3 is 9.14 Å².